The number of amides is 4. The number of fused-ring (bicyclic) bond motifs is 4. The van der Waals surface area contributed by atoms with Crippen molar-refractivity contribution in [3.8, 4) is 17.2 Å². The molecule has 0 aromatic heterocycles. The third-order valence-corrected chi connectivity index (χ3v) is 10.2. The van der Waals surface area contributed by atoms with E-state index in [1.165, 1.54) is 26.4 Å². The van der Waals surface area contributed by atoms with Gasteiger partial charge in [0.15, 0.2) is 21.2 Å². The predicted molar refractivity (Wildman–Crippen MR) is 151 cm³/mol. The fourth-order valence-electron chi connectivity index (χ4n) is 6.78. The summed E-state index contributed by atoms with van der Waals surface area (Å²) in [5.41, 5.74) is 1.22. The van der Waals surface area contributed by atoms with Gasteiger partial charge in [0.05, 0.1) is 31.7 Å². The van der Waals surface area contributed by atoms with E-state index in [4.69, 9.17) is 32.7 Å². The van der Waals surface area contributed by atoms with E-state index in [9.17, 15) is 28.7 Å². The average Bonchev–Trinajstić information content (AvgIpc) is 3.34. The lowest BCUT2D eigenvalue weighted by molar-refractivity contribution is -0.127. The molecule has 42 heavy (non-hydrogen) atoms. The summed E-state index contributed by atoms with van der Waals surface area (Å²) in [5.74, 6) is -6.02. The predicted octanol–water partition coefficient (Wildman–Crippen LogP) is 3.95. The Balaban J connectivity index is 1.51. The topological polar surface area (TPSA) is 122 Å². The van der Waals surface area contributed by atoms with Gasteiger partial charge in [-0.05, 0) is 60.7 Å². The zero-order valence-electron chi connectivity index (χ0n) is 22.4. The molecule has 6 atom stereocenters. The number of ether oxygens (including phenoxy) is 2. The third-order valence-electron chi connectivity index (χ3n) is 8.78. The largest absolute Gasteiger partial charge is 0.502 e. The summed E-state index contributed by atoms with van der Waals surface area (Å²) in [5, 5.41) is 12.7. The lowest BCUT2D eigenvalue weighted by Gasteiger charge is -2.49. The fourth-order valence-corrected chi connectivity index (χ4v) is 7.67. The number of allylic oxidation sites excluding steroid dienone is 3. The van der Waals surface area contributed by atoms with Crippen LogP contribution >= 0.6 is 23.2 Å². The van der Waals surface area contributed by atoms with Crippen molar-refractivity contribution in [1.29, 1.82) is 0 Å². The Morgan fingerprint density at radius 2 is 1.64 bits per heavy atom. The number of rotatable bonds is 5. The number of hydrogen-bond acceptors (Lipinski definition) is 7. The molecule has 2 N–H and O–H groups in total. The molecule has 0 bridgehead atoms. The summed E-state index contributed by atoms with van der Waals surface area (Å²) in [7, 11) is 2.76. The highest BCUT2D eigenvalue weighted by Gasteiger charge is 2.75. The number of benzene rings is 2. The van der Waals surface area contributed by atoms with E-state index in [0.29, 0.717) is 11.1 Å². The minimum atomic E-state index is -2.03. The van der Waals surface area contributed by atoms with Gasteiger partial charge in [0.1, 0.15) is 5.82 Å². The maximum atomic E-state index is 14.2. The van der Waals surface area contributed by atoms with E-state index < -0.39 is 62.9 Å². The van der Waals surface area contributed by atoms with Crippen molar-refractivity contribution >= 4 is 58.6 Å². The van der Waals surface area contributed by atoms with Crippen LogP contribution in [-0.4, -0.2) is 52.7 Å². The van der Waals surface area contributed by atoms with E-state index in [-0.39, 0.29) is 35.8 Å². The van der Waals surface area contributed by atoms with Crippen LogP contribution in [0.3, 0.4) is 0 Å². The molecule has 2 aromatic carbocycles. The Kier molecular flexibility index (Phi) is 6.62. The quantitative estimate of drug-likeness (QED) is 0.297. The Morgan fingerprint density at radius 3 is 2.26 bits per heavy atom. The van der Waals surface area contributed by atoms with Gasteiger partial charge in [0, 0.05) is 5.92 Å². The number of carbonyl (C=O) groups is 4. The number of alkyl halides is 2. The number of aromatic hydroxyl groups is 1. The molecule has 4 aliphatic rings. The fraction of sp³-hybridized carbons (Fsp3) is 0.333. The van der Waals surface area contributed by atoms with Gasteiger partial charge in [0.2, 0.25) is 17.6 Å². The number of methoxy groups -OCH3 is 2. The Morgan fingerprint density at radius 1 is 1.00 bits per heavy atom. The van der Waals surface area contributed by atoms with Crippen LogP contribution in [0.5, 0.6) is 17.2 Å². The summed E-state index contributed by atoms with van der Waals surface area (Å²) in [6, 6.07) is 7.89. The number of anilines is 1. The average molecular weight is 615 g/mol. The molecule has 0 unspecified atom stereocenters. The maximum absolute atomic E-state index is 14.2. The minimum Gasteiger partial charge on any atom is -0.502 e. The first-order valence-corrected chi connectivity index (χ1v) is 13.9. The van der Waals surface area contributed by atoms with E-state index in [0.717, 1.165) is 17.0 Å². The number of phenolic OH excluding ortho intramolecular Hbond substituents is 1. The van der Waals surface area contributed by atoms with Crippen molar-refractivity contribution in [2.75, 3.05) is 19.1 Å². The standard InChI is InChI=1S/C30H25Cl2FN2O7/c1-41-21-11-14(12-22(42-2)24(21)36)3-10-20-17-8-9-18-23(26(38)34-25(18)37)19(17)13-29(31)27(39)35(28(40)30(20,29)32)16-6-4-15(33)5-7-16/h3-8,10-12,18-20,23,36H,9,13H2,1-2H3,(H,34,37,38)/t18-,19+,20-,23-,29+,30-/m0/s1. The number of phenols is 1. The number of hydrogen-bond donors (Lipinski definition) is 2. The first-order chi connectivity index (χ1) is 20.0. The lowest BCUT2D eigenvalue weighted by atomic mass is 9.57. The lowest BCUT2D eigenvalue weighted by Crippen LogP contribution is -2.60. The summed E-state index contributed by atoms with van der Waals surface area (Å²) in [6.07, 6.45) is 5.13. The number of imide groups is 2. The second-order valence-corrected chi connectivity index (χ2v) is 12.0. The van der Waals surface area contributed by atoms with E-state index in [1.54, 1.807) is 30.4 Å². The molecule has 2 aromatic rings. The number of carbonyl (C=O) groups excluding carboxylic acids is 4. The highest BCUT2D eigenvalue weighted by atomic mass is 35.5. The molecule has 9 nitrogen and oxygen atoms in total. The van der Waals surface area contributed by atoms with Gasteiger partial charge in [-0.2, -0.15) is 0 Å². The van der Waals surface area contributed by atoms with E-state index in [1.807, 2.05) is 0 Å². The molecule has 2 aliphatic carbocycles. The molecule has 12 heteroatoms. The molecule has 2 saturated heterocycles. The van der Waals surface area contributed by atoms with Gasteiger partial charge in [-0.1, -0.05) is 23.8 Å². The molecule has 218 valence electrons. The normalized spacial score (nSPS) is 31.9. The van der Waals surface area contributed by atoms with Crippen LogP contribution in [0.2, 0.25) is 0 Å². The molecule has 0 spiro atoms. The zero-order chi connectivity index (χ0) is 30.1. The van der Waals surface area contributed by atoms with E-state index >= 15 is 0 Å². The summed E-state index contributed by atoms with van der Waals surface area (Å²) in [4.78, 5) is 50.5. The van der Waals surface area contributed by atoms with Gasteiger partial charge in [-0.3, -0.25) is 24.5 Å². The second-order valence-electron chi connectivity index (χ2n) is 10.8. The third kappa shape index (κ3) is 3.81. The van der Waals surface area contributed by atoms with E-state index in [2.05, 4.69) is 5.32 Å². The van der Waals surface area contributed by atoms with Crippen molar-refractivity contribution in [3.05, 3.63) is 65.5 Å². The molecule has 6 rings (SSSR count). The van der Waals surface area contributed by atoms with Gasteiger partial charge in [-0.25, -0.2) is 9.29 Å². The first-order valence-electron chi connectivity index (χ1n) is 13.2. The van der Waals surface area contributed by atoms with Crippen LogP contribution in [-0.2, 0) is 19.2 Å². The van der Waals surface area contributed by atoms with Crippen molar-refractivity contribution in [2.24, 2.45) is 23.7 Å². The van der Waals surface area contributed by atoms with Crippen LogP contribution in [0.1, 0.15) is 18.4 Å². The maximum Gasteiger partial charge on any atom is 0.258 e. The van der Waals surface area contributed by atoms with Crippen LogP contribution in [0.4, 0.5) is 10.1 Å². The second kappa shape index (κ2) is 9.84. The van der Waals surface area contributed by atoms with Gasteiger partial charge in [0.25, 0.3) is 11.8 Å². The highest BCUT2D eigenvalue weighted by molar-refractivity contribution is 6.57. The van der Waals surface area contributed by atoms with Gasteiger partial charge >= 0.3 is 0 Å². The van der Waals surface area contributed by atoms with Crippen LogP contribution in [0.25, 0.3) is 6.08 Å². The molecular formula is C30H25Cl2FN2O7. The number of halogens is 3. The molecule has 2 heterocycles. The summed E-state index contributed by atoms with van der Waals surface area (Å²) in [6.45, 7) is 0. The van der Waals surface area contributed by atoms with Gasteiger partial charge < -0.3 is 14.6 Å². The minimum absolute atomic E-state index is 0.0974. The summed E-state index contributed by atoms with van der Waals surface area (Å²) < 4.78 is 24.2. The Hall–Kier alpha value is -3.89. The first kappa shape index (κ1) is 28.2. The Labute approximate surface area is 249 Å². The molecule has 4 amide bonds. The zero-order valence-corrected chi connectivity index (χ0v) is 23.9. The van der Waals surface area contributed by atoms with Crippen LogP contribution in [0.15, 0.2) is 54.1 Å². The molecular weight excluding hydrogens is 590 g/mol. The van der Waals surface area contributed by atoms with Crippen LogP contribution in [0, 0.1) is 29.5 Å². The number of nitrogens with one attached hydrogen (secondary N) is 1. The Bertz CT molecular complexity index is 1580. The van der Waals surface area contributed by atoms with Crippen molar-refractivity contribution in [1.82, 2.24) is 5.32 Å². The molecule has 3 fully saturated rings. The monoisotopic (exact) mass is 614 g/mol. The smallest absolute Gasteiger partial charge is 0.258 e. The molecule has 2 aliphatic heterocycles. The highest BCUT2D eigenvalue weighted by Crippen LogP contribution is 2.63. The van der Waals surface area contributed by atoms with Gasteiger partial charge in [-0.15, -0.1) is 23.2 Å². The molecule has 0 radical (unpaired) electrons. The number of nitrogens with zero attached hydrogens (tertiary/aromatic N) is 1. The van der Waals surface area contributed by atoms with Crippen molar-refractivity contribution in [2.45, 2.75) is 22.6 Å². The summed E-state index contributed by atoms with van der Waals surface area (Å²) >= 11 is 14.4. The molecule has 1 saturated carbocycles. The van der Waals surface area contributed by atoms with Crippen molar-refractivity contribution in [3.63, 3.8) is 0 Å². The van der Waals surface area contributed by atoms with Crippen LogP contribution < -0.4 is 19.7 Å². The van der Waals surface area contributed by atoms with Crippen molar-refractivity contribution < 1.29 is 38.1 Å². The SMILES string of the molecule is COc1cc(C=C[C@H]2C3=CC[C@@H]4C(=O)NC(=O)[C@@H]4[C@@H]3C[C@@]3(Cl)C(=O)N(c4ccc(F)cc4)C(=O)[C@@]23Cl)cc(OC)c1O.